The standard InChI is InChI=1S/C24H22N2O3S/c1-15(27)17-10-7-11-18(14-17)25-23(29)21-19-12-5-6-13-20(19)30-24(21)26-22(28)16-8-3-2-4-9-16/h2-4,7-11,14H,5-6,12-13H2,1H3,(H,25,29)(H,26,28). The van der Waals surface area contributed by atoms with Crippen LogP contribution in [0.4, 0.5) is 10.7 Å². The van der Waals surface area contributed by atoms with Crippen molar-refractivity contribution in [3.05, 3.63) is 81.7 Å². The number of benzene rings is 2. The van der Waals surface area contributed by atoms with Crippen molar-refractivity contribution in [2.45, 2.75) is 32.6 Å². The number of carbonyl (C=O) groups excluding carboxylic acids is 3. The van der Waals surface area contributed by atoms with Crippen LogP contribution in [-0.2, 0) is 12.8 Å². The molecule has 0 bridgehead atoms. The number of hydrogen-bond acceptors (Lipinski definition) is 4. The Morgan fingerprint density at radius 3 is 2.33 bits per heavy atom. The van der Waals surface area contributed by atoms with Crippen molar-refractivity contribution in [1.82, 2.24) is 0 Å². The van der Waals surface area contributed by atoms with E-state index in [2.05, 4.69) is 10.6 Å². The summed E-state index contributed by atoms with van der Waals surface area (Å²) in [5, 5.41) is 6.43. The number of aryl methyl sites for hydroxylation is 1. The highest BCUT2D eigenvalue weighted by Crippen LogP contribution is 2.38. The molecule has 2 N–H and O–H groups in total. The van der Waals surface area contributed by atoms with Gasteiger partial charge in [-0.25, -0.2) is 0 Å². The van der Waals surface area contributed by atoms with E-state index in [1.54, 1.807) is 36.4 Å². The lowest BCUT2D eigenvalue weighted by Crippen LogP contribution is -2.18. The molecule has 0 saturated heterocycles. The second kappa shape index (κ2) is 8.63. The van der Waals surface area contributed by atoms with Crippen LogP contribution in [0.3, 0.4) is 0 Å². The maximum Gasteiger partial charge on any atom is 0.258 e. The summed E-state index contributed by atoms with van der Waals surface area (Å²) in [7, 11) is 0. The summed E-state index contributed by atoms with van der Waals surface area (Å²) in [6.07, 6.45) is 3.85. The van der Waals surface area contributed by atoms with E-state index in [1.807, 2.05) is 18.2 Å². The molecule has 6 heteroatoms. The van der Waals surface area contributed by atoms with Crippen molar-refractivity contribution in [2.24, 2.45) is 0 Å². The van der Waals surface area contributed by atoms with Crippen molar-refractivity contribution >= 4 is 39.6 Å². The lowest BCUT2D eigenvalue weighted by atomic mass is 9.95. The molecule has 5 nitrogen and oxygen atoms in total. The summed E-state index contributed by atoms with van der Waals surface area (Å²) in [6, 6.07) is 15.9. The Balaban J connectivity index is 1.65. The smallest absolute Gasteiger partial charge is 0.258 e. The number of ketones is 1. The highest BCUT2D eigenvalue weighted by atomic mass is 32.1. The largest absolute Gasteiger partial charge is 0.322 e. The number of anilines is 2. The van der Waals surface area contributed by atoms with Gasteiger partial charge in [-0.2, -0.15) is 0 Å². The van der Waals surface area contributed by atoms with Gasteiger partial charge in [0.05, 0.1) is 5.56 Å². The second-order valence-electron chi connectivity index (χ2n) is 7.33. The molecule has 0 aliphatic heterocycles. The monoisotopic (exact) mass is 418 g/mol. The molecule has 2 aromatic carbocycles. The second-order valence-corrected chi connectivity index (χ2v) is 8.43. The van der Waals surface area contributed by atoms with Crippen molar-refractivity contribution < 1.29 is 14.4 Å². The van der Waals surface area contributed by atoms with Gasteiger partial charge >= 0.3 is 0 Å². The van der Waals surface area contributed by atoms with Gasteiger partial charge in [0.2, 0.25) is 0 Å². The fourth-order valence-corrected chi connectivity index (χ4v) is 4.95. The molecule has 0 spiro atoms. The number of carbonyl (C=O) groups is 3. The Morgan fingerprint density at radius 2 is 1.57 bits per heavy atom. The average molecular weight is 419 g/mol. The molecule has 4 rings (SSSR count). The molecule has 0 atom stereocenters. The van der Waals surface area contributed by atoms with E-state index >= 15 is 0 Å². The quantitative estimate of drug-likeness (QED) is 0.550. The predicted octanol–water partition coefficient (Wildman–Crippen LogP) is 5.33. The van der Waals surface area contributed by atoms with Crippen LogP contribution in [0.1, 0.15) is 61.3 Å². The first kappa shape index (κ1) is 20.0. The minimum absolute atomic E-state index is 0.0603. The van der Waals surface area contributed by atoms with Crippen molar-refractivity contribution in [2.75, 3.05) is 10.6 Å². The molecule has 30 heavy (non-hydrogen) atoms. The normalized spacial score (nSPS) is 12.7. The van der Waals surface area contributed by atoms with Gasteiger partial charge in [0, 0.05) is 21.7 Å². The fourth-order valence-electron chi connectivity index (χ4n) is 3.67. The number of hydrogen-bond donors (Lipinski definition) is 2. The van der Waals surface area contributed by atoms with Gasteiger partial charge in [-0.05, 0) is 62.4 Å². The molecule has 0 unspecified atom stereocenters. The van der Waals surface area contributed by atoms with E-state index in [0.717, 1.165) is 36.1 Å². The van der Waals surface area contributed by atoms with Crippen LogP contribution in [0.5, 0.6) is 0 Å². The zero-order valence-electron chi connectivity index (χ0n) is 16.7. The van der Waals surface area contributed by atoms with Crippen LogP contribution in [-0.4, -0.2) is 17.6 Å². The van der Waals surface area contributed by atoms with Gasteiger partial charge in [0.25, 0.3) is 11.8 Å². The lowest BCUT2D eigenvalue weighted by Gasteiger charge is -2.13. The summed E-state index contributed by atoms with van der Waals surface area (Å²) >= 11 is 1.48. The van der Waals surface area contributed by atoms with Crippen LogP contribution < -0.4 is 10.6 Å². The Labute approximate surface area is 179 Å². The maximum atomic E-state index is 13.2. The molecule has 152 valence electrons. The third-order valence-electron chi connectivity index (χ3n) is 5.19. The number of fused-ring (bicyclic) bond motifs is 1. The Hall–Kier alpha value is -3.25. The maximum absolute atomic E-state index is 13.2. The number of rotatable bonds is 5. The zero-order valence-corrected chi connectivity index (χ0v) is 17.5. The molecule has 0 radical (unpaired) electrons. The van der Waals surface area contributed by atoms with Crippen LogP contribution >= 0.6 is 11.3 Å². The van der Waals surface area contributed by atoms with Crippen molar-refractivity contribution in [1.29, 1.82) is 0 Å². The summed E-state index contributed by atoms with van der Waals surface area (Å²) in [5.74, 6) is -0.560. The molecular formula is C24H22N2O3S. The summed E-state index contributed by atoms with van der Waals surface area (Å²) in [4.78, 5) is 38.7. The number of amides is 2. The van der Waals surface area contributed by atoms with Crippen molar-refractivity contribution in [3.8, 4) is 0 Å². The predicted molar refractivity (Wildman–Crippen MR) is 120 cm³/mol. The van der Waals surface area contributed by atoms with E-state index in [4.69, 9.17) is 0 Å². The molecule has 3 aromatic rings. The van der Waals surface area contributed by atoms with Gasteiger partial charge in [0.15, 0.2) is 5.78 Å². The molecule has 1 aliphatic carbocycles. The minimum atomic E-state index is -0.265. The Bertz CT molecular complexity index is 1120. The first-order chi connectivity index (χ1) is 14.5. The number of Topliss-reactive ketones (excluding diaryl/α,β-unsaturated/α-hetero) is 1. The molecule has 2 amide bonds. The number of thiophene rings is 1. The van der Waals surface area contributed by atoms with Gasteiger partial charge in [-0.1, -0.05) is 30.3 Å². The molecule has 1 heterocycles. The lowest BCUT2D eigenvalue weighted by molar-refractivity contribution is 0.100. The van der Waals surface area contributed by atoms with Crippen molar-refractivity contribution in [3.63, 3.8) is 0 Å². The molecule has 1 aromatic heterocycles. The minimum Gasteiger partial charge on any atom is -0.322 e. The van der Waals surface area contributed by atoms with Gasteiger partial charge in [-0.15, -0.1) is 11.3 Å². The highest BCUT2D eigenvalue weighted by molar-refractivity contribution is 7.17. The molecule has 1 aliphatic rings. The zero-order chi connectivity index (χ0) is 21.1. The van der Waals surface area contributed by atoms with Crippen LogP contribution in [0.15, 0.2) is 54.6 Å². The third kappa shape index (κ3) is 4.19. The fraction of sp³-hybridized carbons (Fsp3) is 0.208. The summed E-state index contributed by atoms with van der Waals surface area (Å²) in [5.41, 5.74) is 3.20. The van der Waals surface area contributed by atoms with Crippen LogP contribution in [0.25, 0.3) is 0 Å². The molecule has 0 fully saturated rings. The van der Waals surface area contributed by atoms with E-state index in [0.29, 0.717) is 27.4 Å². The van der Waals surface area contributed by atoms with Gasteiger partial charge in [-0.3, -0.25) is 14.4 Å². The van der Waals surface area contributed by atoms with Gasteiger partial charge in [0.1, 0.15) is 5.00 Å². The first-order valence-electron chi connectivity index (χ1n) is 9.96. The van der Waals surface area contributed by atoms with E-state index in [1.165, 1.54) is 18.3 Å². The van der Waals surface area contributed by atoms with E-state index < -0.39 is 0 Å². The Kier molecular flexibility index (Phi) is 5.77. The summed E-state index contributed by atoms with van der Waals surface area (Å²) < 4.78 is 0. The third-order valence-corrected chi connectivity index (χ3v) is 6.40. The Morgan fingerprint density at radius 1 is 0.833 bits per heavy atom. The average Bonchev–Trinajstić information content (AvgIpc) is 3.12. The SMILES string of the molecule is CC(=O)c1cccc(NC(=O)c2c(NC(=O)c3ccccc3)sc3c2CCCC3)c1. The number of nitrogens with one attached hydrogen (secondary N) is 2. The highest BCUT2D eigenvalue weighted by Gasteiger charge is 2.26. The topological polar surface area (TPSA) is 75.3 Å². The van der Waals surface area contributed by atoms with Crippen LogP contribution in [0, 0.1) is 0 Å². The van der Waals surface area contributed by atoms with E-state index in [-0.39, 0.29) is 17.6 Å². The first-order valence-corrected chi connectivity index (χ1v) is 10.8. The van der Waals surface area contributed by atoms with Gasteiger partial charge < -0.3 is 10.6 Å². The summed E-state index contributed by atoms with van der Waals surface area (Å²) in [6.45, 7) is 1.49. The van der Waals surface area contributed by atoms with E-state index in [9.17, 15) is 14.4 Å². The molecular weight excluding hydrogens is 396 g/mol. The molecule has 0 saturated carbocycles. The van der Waals surface area contributed by atoms with Crippen LogP contribution in [0.2, 0.25) is 0 Å².